The number of hydrogen-bond donors (Lipinski definition) is 1. The molecule has 3 nitrogen and oxygen atoms in total. The lowest BCUT2D eigenvalue weighted by atomic mass is 9.87. The van der Waals surface area contributed by atoms with Crippen LogP contribution in [-0.4, -0.2) is 20.5 Å². The Kier molecular flexibility index (Phi) is 3.15. The van der Waals surface area contributed by atoms with Gasteiger partial charge in [0.25, 0.3) is 0 Å². The quantitative estimate of drug-likeness (QED) is 0.795. The van der Waals surface area contributed by atoms with Crippen LogP contribution in [0.25, 0.3) is 0 Å². The topological polar surface area (TPSA) is 38.0 Å². The molecular formula is C13H20N2O. The summed E-state index contributed by atoms with van der Waals surface area (Å²) in [6, 6.07) is 2.38. The van der Waals surface area contributed by atoms with Crippen molar-refractivity contribution in [2.45, 2.75) is 51.2 Å². The molecule has 0 bridgehead atoms. The van der Waals surface area contributed by atoms with Crippen molar-refractivity contribution in [3.8, 4) is 0 Å². The van der Waals surface area contributed by atoms with E-state index in [0.29, 0.717) is 12.5 Å². The molecule has 1 aromatic rings. The van der Waals surface area contributed by atoms with Gasteiger partial charge in [-0.2, -0.15) is 5.10 Å². The smallest absolute Gasteiger partial charge is 0.0883 e. The Bertz CT molecular complexity index is 381. The minimum atomic E-state index is -0.672. The van der Waals surface area contributed by atoms with Crippen molar-refractivity contribution < 1.29 is 5.11 Å². The third kappa shape index (κ3) is 2.53. The number of aliphatic hydroxyl groups is 1. The van der Waals surface area contributed by atoms with Gasteiger partial charge in [0, 0.05) is 18.7 Å². The SMILES string of the molecule is CC(C)n1ccc(CC2(O)C=CCCC2)n1. The van der Waals surface area contributed by atoms with Crippen LogP contribution in [0, 0.1) is 0 Å². The summed E-state index contributed by atoms with van der Waals surface area (Å²) in [6.07, 6.45) is 9.62. The molecule has 0 saturated carbocycles. The fraction of sp³-hybridized carbons (Fsp3) is 0.615. The normalized spacial score (nSPS) is 25.2. The highest BCUT2D eigenvalue weighted by atomic mass is 16.3. The van der Waals surface area contributed by atoms with Crippen LogP contribution in [0.5, 0.6) is 0 Å². The molecule has 0 radical (unpaired) electrons. The van der Waals surface area contributed by atoms with E-state index in [4.69, 9.17) is 0 Å². The first kappa shape index (κ1) is 11.4. The van der Waals surface area contributed by atoms with E-state index in [1.807, 2.05) is 23.0 Å². The standard InChI is InChI=1S/C13H20N2O/c1-11(2)15-9-6-12(14-15)10-13(16)7-4-3-5-8-13/h4,6-7,9,11,16H,3,5,8,10H2,1-2H3. The monoisotopic (exact) mass is 220 g/mol. The van der Waals surface area contributed by atoms with E-state index in [2.05, 4.69) is 25.0 Å². The summed E-state index contributed by atoms with van der Waals surface area (Å²) in [4.78, 5) is 0. The number of nitrogens with zero attached hydrogens (tertiary/aromatic N) is 2. The maximum Gasteiger partial charge on any atom is 0.0883 e. The minimum absolute atomic E-state index is 0.380. The highest BCUT2D eigenvalue weighted by Gasteiger charge is 2.26. The minimum Gasteiger partial charge on any atom is -0.385 e. The number of rotatable bonds is 3. The second-order valence-electron chi connectivity index (χ2n) is 4.96. The Balaban J connectivity index is 2.08. The fourth-order valence-corrected chi connectivity index (χ4v) is 2.13. The molecule has 0 spiro atoms. The molecule has 1 unspecified atom stereocenters. The summed E-state index contributed by atoms with van der Waals surface area (Å²) < 4.78 is 1.94. The lowest BCUT2D eigenvalue weighted by Gasteiger charge is -2.26. The first-order valence-electron chi connectivity index (χ1n) is 6.03. The number of aromatic nitrogens is 2. The molecule has 0 fully saturated rings. The Morgan fingerprint density at radius 1 is 1.56 bits per heavy atom. The third-order valence-electron chi connectivity index (χ3n) is 3.09. The molecule has 1 aromatic heterocycles. The van der Waals surface area contributed by atoms with Crippen LogP contribution in [0.1, 0.15) is 44.8 Å². The van der Waals surface area contributed by atoms with Crippen LogP contribution >= 0.6 is 0 Å². The van der Waals surface area contributed by atoms with E-state index in [0.717, 1.165) is 25.0 Å². The van der Waals surface area contributed by atoms with Gasteiger partial charge in [-0.3, -0.25) is 4.68 Å². The summed E-state index contributed by atoms with van der Waals surface area (Å²) >= 11 is 0. The van der Waals surface area contributed by atoms with Crippen molar-refractivity contribution in [3.63, 3.8) is 0 Å². The van der Waals surface area contributed by atoms with E-state index in [1.165, 1.54) is 0 Å². The van der Waals surface area contributed by atoms with E-state index in [-0.39, 0.29) is 0 Å². The molecule has 1 N–H and O–H groups in total. The predicted molar refractivity (Wildman–Crippen MR) is 64.3 cm³/mol. The zero-order valence-corrected chi connectivity index (χ0v) is 10.1. The van der Waals surface area contributed by atoms with Crippen molar-refractivity contribution in [1.29, 1.82) is 0 Å². The van der Waals surface area contributed by atoms with Gasteiger partial charge in [0.1, 0.15) is 0 Å². The van der Waals surface area contributed by atoms with Crippen molar-refractivity contribution in [3.05, 3.63) is 30.1 Å². The molecule has 88 valence electrons. The summed E-state index contributed by atoms with van der Waals surface area (Å²) in [5.41, 5.74) is 0.303. The van der Waals surface area contributed by atoms with Gasteiger partial charge >= 0.3 is 0 Å². The molecule has 1 aliphatic rings. The van der Waals surface area contributed by atoms with Crippen molar-refractivity contribution in [2.24, 2.45) is 0 Å². The first-order chi connectivity index (χ1) is 7.59. The molecule has 0 saturated heterocycles. The Labute approximate surface area is 96.8 Å². The molecule has 0 aromatic carbocycles. The van der Waals surface area contributed by atoms with Crippen LogP contribution in [0.4, 0.5) is 0 Å². The molecule has 0 amide bonds. The van der Waals surface area contributed by atoms with E-state index >= 15 is 0 Å². The summed E-state index contributed by atoms with van der Waals surface area (Å²) in [6.45, 7) is 4.21. The average Bonchev–Trinajstić information content (AvgIpc) is 2.66. The molecular weight excluding hydrogens is 200 g/mol. The molecule has 1 heterocycles. The second-order valence-corrected chi connectivity index (χ2v) is 4.96. The van der Waals surface area contributed by atoms with Crippen molar-refractivity contribution in [1.82, 2.24) is 9.78 Å². The van der Waals surface area contributed by atoms with Gasteiger partial charge in [-0.25, -0.2) is 0 Å². The van der Waals surface area contributed by atoms with Crippen LogP contribution in [0.15, 0.2) is 24.4 Å². The Morgan fingerprint density at radius 3 is 2.94 bits per heavy atom. The van der Waals surface area contributed by atoms with Crippen LogP contribution < -0.4 is 0 Å². The van der Waals surface area contributed by atoms with Gasteiger partial charge in [0.15, 0.2) is 0 Å². The van der Waals surface area contributed by atoms with E-state index in [1.54, 1.807) is 0 Å². The summed E-state index contributed by atoms with van der Waals surface area (Å²) in [7, 11) is 0. The predicted octanol–water partition coefficient (Wildman–Crippen LogP) is 2.48. The summed E-state index contributed by atoms with van der Waals surface area (Å²) in [5, 5.41) is 14.8. The molecule has 2 rings (SSSR count). The highest BCUT2D eigenvalue weighted by Crippen LogP contribution is 2.25. The van der Waals surface area contributed by atoms with Crippen LogP contribution in [0.2, 0.25) is 0 Å². The maximum absolute atomic E-state index is 10.3. The first-order valence-corrected chi connectivity index (χ1v) is 6.03. The number of hydrogen-bond acceptors (Lipinski definition) is 2. The largest absolute Gasteiger partial charge is 0.385 e. The molecule has 16 heavy (non-hydrogen) atoms. The van der Waals surface area contributed by atoms with Gasteiger partial charge in [-0.15, -0.1) is 0 Å². The third-order valence-corrected chi connectivity index (χ3v) is 3.09. The zero-order valence-electron chi connectivity index (χ0n) is 10.1. The Hall–Kier alpha value is -1.09. The zero-order chi connectivity index (χ0) is 11.6. The average molecular weight is 220 g/mol. The molecule has 1 atom stereocenters. The molecule has 0 aliphatic heterocycles. The Morgan fingerprint density at radius 2 is 2.38 bits per heavy atom. The second kappa shape index (κ2) is 4.42. The van der Waals surface area contributed by atoms with E-state index < -0.39 is 5.60 Å². The molecule has 3 heteroatoms. The lowest BCUT2D eigenvalue weighted by molar-refractivity contribution is 0.0739. The fourth-order valence-electron chi connectivity index (χ4n) is 2.13. The summed E-state index contributed by atoms with van der Waals surface area (Å²) in [5.74, 6) is 0. The van der Waals surface area contributed by atoms with E-state index in [9.17, 15) is 5.11 Å². The van der Waals surface area contributed by atoms with Crippen molar-refractivity contribution in [2.75, 3.05) is 0 Å². The van der Waals surface area contributed by atoms with Gasteiger partial charge in [0.05, 0.1) is 11.3 Å². The molecule has 1 aliphatic carbocycles. The van der Waals surface area contributed by atoms with Gasteiger partial charge < -0.3 is 5.11 Å². The van der Waals surface area contributed by atoms with Gasteiger partial charge in [-0.1, -0.05) is 12.2 Å². The number of allylic oxidation sites excluding steroid dienone is 1. The van der Waals surface area contributed by atoms with Gasteiger partial charge in [-0.05, 0) is 39.2 Å². The lowest BCUT2D eigenvalue weighted by Crippen LogP contribution is -2.30. The van der Waals surface area contributed by atoms with Gasteiger partial charge in [0.2, 0.25) is 0 Å². The van der Waals surface area contributed by atoms with Crippen LogP contribution in [-0.2, 0) is 6.42 Å². The maximum atomic E-state index is 10.3. The van der Waals surface area contributed by atoms with Crippen LogP contribution in [0.3, 0.4) is 0 Å². The highest BCUT2D eigenvalue weighted by molar-refractivity contribution is 5.13. The van der Waals surface area contributed by atoms with Crippen molar-refractivity contribution >= 4 is 0 Å².